The Hall–Kier alpha value is -1.70. The van der Waals surface area contributed by atoms with Crippen LogP contribution in [0.4, 0.5) is 0 Å². The minimum atomic E-state index is 0.475. The first-order valence-corrected chi connectivity index (χ1v) is 5.51. The van der Waals surface area contributed by atoms with Crippen molar-refractivity contribution in [3.63, 3.8) is 0 Å². The molecule has 0 fully saturated rings. The van der Waals surface area contributed by atoms with E-state index in [0.717, 1.165) is 17.7 Å². The van der Waals surface area contributed by atoms with E-state index < -0.39 is 0 Å². The molecule has 1 heterocycles. The van der Waals surface area contributed by atoms with Gasteiger partial charge in [-0.1, -0.05) is 18.2 Å². The largest absolute Gasteiger partial charge is 0.376 e. The van der Waals surface area contributed by atoms with E-state index in [-0.39, 0.29) is 0 Å². The number of nitrogens with zero attached hydrogens (tertiary/aromatic N) is 2. The first-order valence-electron chi connectivity index (χ1n) is 5.51. The molecular formula is C13H17N3O. The highest BCUT2D eigenvalue weighted by Crippen LogP contribution is 2.02. The highest BCUT2D eigenvalue weighted by atomic mass is 16.5. The van der Waals surface area contributed by atoms with Crippen LogP contribution in [0.25, 0.3) is 0 Å². The zero-order valence-corrected chi connectivity index (χ0v) is 10.1. The average molecular weight is 231 g/mol. The molecule has 0 atom stereocenters. The third-order valence-corrected chi connectivity index (χ3v) is 2.08. The van der Waals surface area contributed by atoms with Gasteiger partial charge in [0.2, 0.25) is 0 Å². The summed E-state index contributed by atoms with van der Waals surface area (Å²) in [7, 11) is 0. The van der Waals surface area contributed by atoms with Crippen LogP contribution in [0.15, 0.2) is 30.5 Å². The van der Waals surface area contributed by atoms with Crippen molar-refractivity contribution in [1.29, 1.82) is 5.26 Å². The number of nitrogens with one attached hydrogen (secondary N) is 1. The number of rotatable bonds is 7. The molecule has 0 aromatic carbocycles. The van der Waals surface area contributed by atoms with Gasteiger partial charge in [0.15, 0.2) is 0 Å². The fourth-order valence-corrected chi connectivity index (χ4v) is 1.30. The molecule has 0 unspecified atom stereocenters. The van der Waals surface area contributed by atoms with Gasteiger partial charge in [-0.2, -0.15) is 5.26 Å². The van der Waals surface area contributed by atoms with Crippen molar-refractivity contribution in [3.05, 3.63) is 41.7 Å². The smallest absolute Gasteiger partial charge is 0.144 e. The molecule has 0 spiro atoms. The van der Waals surface area contributed by atoms with Gasteiger partial charge in [-0.15, -0.1) is 0 Å². The van der Waals surface area contributed by atoms with E-state index in [0.29, 0.717) is 25.5 Å². The highest BCUT2D eigenvalue weighted by Gasteiger charge is 2.00. The van der Waals surface area contributed by atoms with Crippen molar-refractivity contribution >= 4 is 0 Å². The van der Waals surface area contributed by atoms with E-state index in [1.165, 1.54) is 0 Å². The van der Waals surface area contributed by atoms with Crippen molar-refractivity contribution in [1.82, 2.24) is 10.3 Å². The second-order valence-electron chi connectivity index (χ2n) is 3.81. The molecule has 90 valence electrons. The summed E-state index contributed by atoms with van der Waals surface area (Å²) in [5.41, 5.74) is 2.40. The van der Waals surface area contributed by atoms with Crippen molar-refractivity contribution in [2.45, 2.75) is 13.5 Å². The Kier molecular flexibility index (Phi) is 5.94. The number of hydrogen-bond acceptors (Lipinski definition) is 4. The predicted molar refractivity (Wildman–Crippen MR) is 66.3 cm³/mol. The van der Waals surface area contributed by atoms with Gasteiger partial charge in [0.05, 0.1) is 13.2 Å². The predicted octanol–water partition coefficient (Wildman–Crippen LogP) is 1.64. The molecule has 1 aromatic heterocycles. The van der Waals surface area contributed by atoms with Crippen LogP contribution in [0, 0.1) is 11.3 Å². The van der Waals surface area contributed by atoms with Gasteiger partial charge in [-0.05, 0) is 13.0 Å². The number of hydrogen-bond donors (Lipinski definition) is 1. The number of nitriles is 1. The van der Waals surface area contributed by atoms with Crippen LogP contribution in [0.1, 0.15) is 18.2 Å². The Balaban J connectivity index is 2.22. The van der Waals surface area contributed by atoms with E-state index >= 15 is 0 Å². The van der Waals surface area contributed by atoms with Crippen molar-refractivity contribution in [3.8, 4) is 6.07 Å². The van der Waals surface area contributed by atoms with Crippen LogP contribution in [0.5, 0.6) is 0 Å². The topological polar surface area (TPSA) is 57.9 Å². The molecule has 0 bridgehead atoms. The third-order valence-electron chi connectivity index (χ3n) is 2.08. The Bertz CT molecular complexity index is 409. The molecule has 0 aliphatic carbocycles. The van der Waals surface area contributed by atoms with Crippen LogP contribution < -0.4 is 5.32 Å². The van der Waals surface area contributed by atoms with Crippen LogP contribution in [0.3, 0.4) is 0 Å². The first kappa shape index (κ1) is 13.4. The van der Waals surface area contributed by atoms with Gasteiger partial charge in [0.25, 0.3) is 0 Å². The van der Waals surface area contributed by atoms with Crippen LogP contribution in [-0.2, 0) is 11.3 Å². The molecular weight excluding hydrogens is 214 g/mol. The second kappa shape index (κ2) is 7.55. The molecule has 4 nitrogen and oxygen atoms in total. The summed E-state index contributed by atoms with van der Waals surface area (Å²) < 4.78 is 5.35. The second-order valence-corrected chi connectivity index (χ2v) is 3.81. The fraction of sp³-hybridized carbons (Fsp3) is 0.385. The summed E-state index contributed by atoms with van der Waals surface area (Å²) in [5, 5.41) is 12.0. The molecule has 0 radical (unpaired) electrons. The molecule has 0 aliphatic heterocycles. The lowest BCUT2D eigenvalue weighted by Crippen LogP contribution is -2.20. The quantitative estimate of drug-likeness (QED) is 0.572. The minimum absolute atomic E-state index is 0.475. The molecule has 0 saturated heterocycles. The average Bonchev–Trinajstić information content (AvgIpc) is 2.33. The Morgan fingerprint density at radius 3 is 3.18 bits per heavy atom. The minimum Gasteiger partial charge on any atom is -0.376 e. The van der Waals surface area contributed by atoms with Gasteiger partial charge < -0.3 is 10.1 Å². The number of ether oxygens (including phenoxy) is 1. The normalized spacial score (nSPS) is 9.88. The van der Waals surface area contributed by atoms with Gasteiger partial charge in [0, 0.05) is 24.8 Å². The maximum absolute atomic E-state index is 8.85. The van der Waals surface area contributed by atoms with E-state index in [9.17, 15) is 0 Å². The van der Waals surface area contributed by atoms with Gasteiger partial charge in [-0.3, -0.25) is 0 Å². The zero-order chi connectivity index (χ0) is 12.5. The van der Waals surface area contributed by atoms with E-state index in [1.807, 2.05) is 19.1 Å². The lowest BCUT2D eigenvalue weighted by atomic mass is 10.2. The van der Waals surface area contributed by atoms with Crippen molar-refractivity contribution < 1.29 is 4.74 Å². The van der Waals surface area contributed by atoms with Crippen molar-refractivity contribution in [2.75, 3.05) is 19.8 Å². The fourth-order valence-electron chi connectivity index (χ4n) is 1.30. The summed E-state index contributed by atoms with van der Waals surface area (Å²) in [6, 6.07) is 5.79. The van der Waals surface area contributed by atoms with Crippen LogP contribution in [0.2, 0.25) is 0 Å². The number of aromatic nitrogens is 1. The maximum Gasteiger partial charge on any atom is 0.144 e. The summed E-state index contributed by atoms with van der Waals surface area (Å²) >= 11 is 0. The molecule has 0 saturated carbocycles. The highest BCUT2D eigenvalue weighted by molar-refractivity contribution is 5.30. The molecule has 1 N–H and O–H groups in total. The Morgan fingerprint density at radius 2 is 2.47 bits per heavy atom. The maximum atomic E-state index is 8.85. The van der Waals surface area contributed by atoms with E-state index in [2.05, 4.69) is 22.9 Å². The van der Waals surface area contributed by atoms with E-state index in [4.69, 9.17) is 10.00 Å². The monoisotopic (exact) mass is 231 g/mol. The SMILES string of the molecule is C=C(C)COCCNCc1cccnc1C#N. The lowest BCUT2D eigenvalue weighted by molar-refractivity contribution is 0.157. The number of pyridine rings is 1. The van der Waals surface area contributed by atoms with Crippen molar-refractivity contribution in [2.24, 2.45) is 0 Å². The summed E-state index contributed by atoms with van der Waals surface area (Å²) in [6.07, 6.45) is 1.62. The molecule has 1 aromatic rings. The van der Waals surface area contributed by atoms with Gasteiger partial charge in [0.1, 0.15) is 11.8 Å². The Morgan fingerprint density at radius 1 is 1.65 bits per heavy atom. The summed E-state index contributed by atoms with van der Waals surface area (Å²) in [5.74, 6) is 0. The van der Waals surface area contributed by atoms with Crippen LogP contribution >= 0.6 is 0 Å². The lowest BCUT2D eigenvalue weighted by Gasteiger charge is -2.06. The molecule has 0 aliphatic rings. The molecule has 1 rings (SSSR count). The Labute approximate surface area is 102 Å². The summed E-state index contributed by atoms with van der Waals surface area (Å²) in [4.78, 5) is 3.99. The zero-order valence-electron chi connectivity index (χ0n) is 10.1. The summed E-state index contributed by atoms with van der Waals surface area (Å²) in [6.45, 7) is 8.29. The molecule has 0 amide bonds. The third kappa shape index (κ3) is 5.25. The molecule has 4 heteroatoms. The van der Waals surface area contributed by atoms with E-state index in [1.54, 1.807) is 6.20 Å². The molecule has 17 heavy (non-hydrogen) atoms. The standard InChI is InChI=1S/C13H17N3O/c1-11(2)10-17-7-6-15-9-12-4-3-5-16-13(12)8-14/h3-5,15H,1,6-7,9-10H2,2H3. The first-order chi connectivity index (χ1) is 8.24. The van der Waals surface area contributed by atoms with Gasteiger partial charge in [-0.25, -0.2) is 4.98 Å². The van der Waals surface area contributed by atoms with Gasteiger partial charge >= 0.3 is 0 Å². The van der Waals surface area contributed by atoms with Crippen LogP contribution in [-0.4, -0.2) is 24.7 Å².